The molecule has 1 N–H and O–H groups in total. The molecule has 3 heteroatoms. The smallest absolute Gasteiger partial charge is 0.227 e. The molecule has 0 fully saturated rings. The maximum atomic E-state index is 9.47. The van der Waals surface area contributed by atoms with Crippen molar-refractivity contribution in [2.75, 3.05) is 0 Å². The molecule has 1 aromatic carbocycles. The third kappa shape index (κ3) is 3.20. The Kier molecular flexibility index (Phi) is 2.99. The minimum absolute atomic E-state index is 0.519. The third-order valence-corrected chi connectivity index (χ3v) is 2.02. The fourth-order valence-corrected chi connectivity index (χ4v) is 1.26. The van der Waals surface area contributed by atoms with E-state index in [0.29, 0.717) is 11.6 Å². The molecule has 0 spiro atoms. The molecule has 0 radical (unpaired) electrons. The van der Waals surface area contributed by atoms with Gasteiger partial charge in [0.25, 0.3) is 0 Å². The van der Waals surface area contributed by atoms with E-state index in [-0.39, 0.29) is 0 Å². The van der Waals surface area contributed by atoms with Gasteiger partial charge < -0.3 is 9.52 Å². The van der Waals surface area contributed by atoms with Crippen molar-refractivity contribution in [1.82, 2.24) is 4.98 Å². The van der Waals surface area contributed by atoms with E-state index in [1.165, 1.54) is 6.26 Å². The van der Waals surface area contributed by atoms with Crippen molar-refractivity contribution in [1.29, 1.82) is 0 Å². The first-order chi connectivity index (χ1) is 8.04. The molecule has 1 heterocycles. The van der Waals surface area contributed by atoms with Crippen LogP contribution < -0.4 is 0 Å². The molecule has 17 heavy (non-hydrogen) atoms. The Hall–Kier alpha value is -2.05. The van der Waals surface area contributed by atoms with E-state index < -0.39 is 5.60 Å². The Morgan fingerprint density at radius 2 is 1.94 bits per heavy atom. The van der Waals surface area contributed by atoms with E-state index in [2.05, 4.69) is 16.8 Å². The lowest BCUT2D eigenvalue weighted by molar-refractivity contribution is 0.143. The monoisotopic (exact) mass is 227 g/mol. The van der Waals surface area contributed by atoms with Gasteiger partial charge in [0.1, 0.15) is 11.9 Å². The van der Waals surface area contributed by atoms with Crippen molar-refractivity contribution in [3.63, 3.8) is 0 Å². The molecular weight excluding hydrogens is 214 g/mol. The van der Waals surface area contributed by atoms with Gasteiger partial charge in [-0.2, -0.15) is 0 Å². The number of hydrogen-bond acceptors (Lipinski definition) is 3. The summed E-state index contributed by atoms with van der Waals surface area (Å²) in [5.74, 6) is 5.99. The Labute approximate surface area is 100 Å². The van der Waals surface area contributed by atoms with E-state index in [1.54, 1.807) is 13.8 Å². The van der Waals surface area contributed by atoms with Crippen LogP contribution in [0.2, 0.25) is 0 Å². The molecular formula is C14H13NO2. The van der Waals surface area contributed by atoms with Crippen LogP contribution in [0, 0.1) is 11.8 Å². The van der Waals surface area contributed by atoms with Crippen LogP contribution in [0.1, 0.15) is 19.5 Å². The average molecular weight is 227 g/mol. The predicted octanol–water partition coefficient (Wildman–Crippen LogP) is 2.46. The number of hydrogen-bond donors (Lipinski definition) is 1. The summed E-state index contributed by atoms with van der Waals surface area (Å²) in [6.07, 6.45) is 1.49. The second-order valence-corrected chi connectivity index (χ2v) is 4.21. The van der Waals surface area contributed by atoms with E-state index in [1.807, 2.05) is 30.3 Å². The topological polar surface area (TPSA) is 46.3 Å². The van der Waals surface area contributed by atoms with Crippen LogP contribution in [0.4, 0.5) is 0 Å². The van der Waals surface area contributed by atoms with Crippen molar-refractivity contribution in [3.8, 4) is 23.3 Å². The SMILES string of the molecule is CC(C)(O)C#Cc1coc(-c2ccccc2)n1. The first-order valence-corrected chi connectivity index (χ1v) is 5.31. The van der Waals surface area contributed by atoms with Crippen LogP contribution in [0.3, 0.4) is 0 Å². The molecule has 0 bridgehead atoms. The summed E-state index contributed by atoms with van der Waals surface area (Å²) in [4.78, 5) is 4.23. The summed E-state index contributed by atoms with van der Waals surface area (Å²) in [5.41, 5.74) is 0.404. The first kappa shape index (κ1) is 11.4. The molecule has 0 amide bonds. The summed E-state index contributed by atoms with van der Waals surface area (Å²) in [7, 11) is 0. The third-order valence-electron chi connectivity index (χ3n) is 2.02. The van der Waals surface area contributed by atoms with E-state index in [0.717, 1.165) is 5.56 Å². The van der Waals surface area contributed by atoms with Crippen LogP contribution in [0.25, 0.3) is 11.5 Å². The van der Waals surface area contributed by atoms with Gasteiger partial charge in [0.2, 0.25) is 5.89 Å². The van der Waals surface area contributed by atoms with Crippen molar-refractivity contribution >= 4 is 0 Å². The van der Waals surface area contributed by atoms with Gasteiger partial charge in [0, 0.05) is 5.56 Å². The summed E-state index contributed by atoms with van der Waals surface area (Å²) in [6.45, 7) is 3.25. The van der Waals surface area contributed by atoms with Crippen molar-refractivity contribution in [2.24, 2.45) is 0 Å². The zero-order valence-electron chi connectivity index (χ0n) is 9.77. The highest BCUT2D eigenvalue weighted by Crippen LogP contribution is 2.17. The maximum absolute atomic E-state index is 9.47. The van der Waals surface area contributed by atoms with E-state index >= 15 is 0 Å². The normalized spacial score (nSPS) is 10.8. The van der Waals surface area contributed by atoms with Crippen LogP contribution in [-0.2, 0) is 0 Å². The molecule has 0 aliphatic heterocycles. The maximum Gasteiger partial charge on any atom is 0.227 e. The molecule has 0 saturated carbocycles. The van der Waals surface area contributed by atoms with Gasteiger partial charge in [-0.1, -0.05) is 24.1 Å². The average Bonchev–Trinajstić information content (AvgIpc) is 2.75. The van der Waals surface area contributed by atoms with Crippen molar-refractivity contribution in [2.45, 2.75) is 19.4 Å². The lowest BCUT2D eigenvalue weighted by Gasteiger charge is -2.05. The second-order valence-electron chi connectivity index (χ2n) is 4.21. The molecule has 0 atom stereocenters. The van der Waals surface area contributed by atoms with Gasteiger partial charge in [-0.05, 0) is 31.9 Å². The summed E-state index contributed by atoms with van der Waals surface area (Å²) >= 11 is 0. The largest absolute Gasteiger partial charge is 0.443 e. The van der Waals surface area contributed by atoms with Gasteiger partial charge in [-0.25, -0.2) is 4.98 Å². The Balaban J connectivity index is 2.25. The number of nitrogens with zero attached hydrogens (tertiary/aromatic N) is 1. The van der Waals surface area contributed by atoms with Crippen LogP contribution in [-0.4, -0.2) is 15.7 Å². The quantitative estimate of drug-likeness (QED) is 0.761. The molecule has 0 aliphatic carbocycles. The van der Waals surface area contributed by atoms with Gasteiger partial charge in [-0.3, -0.25) is 0 Å². The summed E-state index contributed by atoms with van der Waals surface area (Å²) in [5, 5.41) is 9.47. The van der Waals surface area contributed by atoms with Crippen molar-refractivity contribution in [3.05, 3.63) is 42.3 Å². The Morgan fingerprint density at radius 3 is 2.59 bits per heavy atom. The Morgan fingerprint density at radius 1 is 1.24 bits per heavy atom. The van der Waals surface area contributed by atoms with Gasteiger partial charge >= 0.3 is 0 Å². The van der Waals surface area contributed by atoms with Gasteiger partial charge in [-0.15, -0.1) is 0 Å². The number of aromatic nitrogens is 1. The number of oxazole rings is 1. The van der Waals surface area contributed by atoms with Gasteiger partial charge in [0.05, 0.1) is 0 Å². The molecule has 86 valence electrons. The zero-order chi connectivity index (χ0) is 12.3. The number of rotatable bonds is 1. The summed E-state index contributed by atoms with van der Waals surface area (Å²) in [6, 6.07) is 9.60. The molecule has 0 unspecified atom stereocenters. The number of aliphatic hydroxyl groups is 1. The highest BCUT2D eigenvalue weighted by atomic mass is 16.3. The fourth-order valence-electron chi connectivity index (χ4n) is 1.26. The highest BCUT2D eigenvalue weighted by Gasteiger charge is 2.07. The zero-order valence-corrected chi connectivity index (χ0v) is 9.77. The second kappa shape index (κ2) is 4.44. The minimum atomic E-state index is -1.02. The Bertz CT molecular complexity index is 553. The fraction of sp³-hybridized carbons (Fsp3) is 0.214. The molecule has 2 rings (SSSR count). The highest BCUT2D eigenvalue weighted by molar-refractivity contribution is 5.53. The van der Waals surface area contributed by atoms with E-state index in [9.17, 15) is 5.11 Å². The molecule has 0 aliphatic rings. The minimum Gasteiger partial charge on any atom is -0.443 e. The molecule has 0 saturated heterocycles. The standard InChI is InChI=1S/C14H13NO2/c1-14(2,16)9-8-12-10-17-13(15-12)11-6-4-3-5-7-11/h3-7,10,16H,1-2H3. The molecule has 1 aromatic heterocycles. The van der Waals surface area contributed by atoms with Crippen LogP contribution in [0.15, 0.2) is 41.0 Å². The lowest BCUT2D eigenvalue weighted by atomic mass is 10.1. The van der Waals surface area contributed by atoms with Crippen molar-refractivity contribution < 1.29 is 9.52 Å². The van der Waals surface area contributed by atoms with Crippen LogP contribution >= 0.6 is 0 Å². The number of benzene rings is 1. The lowest BCUT2D eigenvalue weighted by Crippen LogP contribution is -2.14. The molecule has 2 aromatic rings. The van der Waals surface area contributed by atoms with Crippen LogP contribution in [0.5, 0.6) is 0 Å². The predicted molar refractivity (Wildman–Crippen MR) is 65.1 cm³/mol. The first-order valence-electron chi connectivity index (χ1n) is 5.31. The van der Waals surface area contributed by atoms with E-state index in [4.69, 9.17) is 4.42 Å². The summed E-state index contributed by atoms with van der Waals surface area (Å²) < 4.78 is 5.32. The molecule has 3 nitrogen and oxygen atoms in total. The van der Waals surface area contributed by atoms with Gasteiger partial charge in [0.15, 0.2) is 5.69 Å².